The smallest absolute Gasteiger partial charge is 0.292 e. The van der Waals surface area contributed by atoms with Gasteiger partial charge in [-0.3, -0.25) is 4.79 Å². The first kappa shape index (κ1) is 19.6. The number of benzene rings is 1. The molecule has 0 radical (unpaired) electrons. The first-order chi connectivity index (χ1) is 14.7. The summed E-state index contributed by atoms with van der Waals surface area (Å²) in [5.41, 5.74) is 2.73. The largest absolute Gasteiger partial charge is 0.458 e. The fraction of sp³-hybridized carbons (Fsp3) is 0.348. The number of aromatic nitrogens is 3. The number of aryl methyl sites for hydroxylation is 2. The van der Waals surface area contributed by atoms with Crippen molar-refractivity contribution in [3.8, 4) is 0 Å². The van der Waals surface area contributed by atoms with E-state index in [1.165, 1.54) is 0 Å². The summed E-state index contributed by atoms with van der Waals surface area (Å²) < 4.78 is 12.0. The molecule has 2 N–H and O–H groups in total. The van der Waals surface area contributed by atoms with Gasteiger partial charge in [-0.05, 0) is 39.3 Å². The number of fused-ring (bicyclic) bond motifs is 2. The lowest BCUT2D eigenvalue weighted by Gasteiger charge is -2.33. The normalized spacial score (nSPS) is 16.7. The molecule has 0 spiro atoms. The highest BCUT2D eigenvalue weighted by Gasteiger charge is 2.39. The average molecular weight is 420 g/mol. The molecule has 1 amide bonds. The van der Waals surface area contributed by atoms with Gasteiger partial charge in [-0.15, -0.1) is 0 Å². The van der Waals surface area contributed by atoms with Gasteiger partial charge in [-0.25, -0.2) is 9.97 Å². The molecule has 1 aromatic carbocycles. The highest BCUT2D eigenvalue weighted by Crippen LogP contribution is 2.38. The molecule has 8 nitrogen and oxygen atoms in total. The number of para-hydroxylation sites is 1. The first-order valence-corrected chi connectivity index (χ1v) is 10.3. The molecule has 0 bridgehead atoms. The van der Waals surface area contributed by atoms with E-state index < -0.39 is 11.6 Å². The van der Waals surface area contributed by atoms with Crippen LogP contribution in [-0.4, -0.2) is 37.4 Å². The highest BCUT2D eigenvalue weighted by atomic mass is 16.4. The van der Waals surface area contributed by atoms with Crippen molar-refractivity contribution in [2.45, 2.75) is 45.8 Å². The molecule has 1 aliphatic heterocycles. The fourth-order valence-electron chi connectivity index (χ4n) is 4.13. The summed E-state index contributed by atoms with van der Waals surface area (Å²) >= 11 is 0. The molecule has 4 aromatic rings. The summed E-state index contributed by atoms with van der Waals surface area (Å²) in [6, 6.07) is 7.44. The molecule has 8 heteroatoms. The van der Waals surface area contributed by atoms with Crippen LogP contribution in [-0.2, 0) is 12.0 Å². The number of nitrogens with one attached hydrogen (secondary N) is 1. The van der Waals surface area contributed by atoms with E-state index in [1.807, 2.05) is 31.2 Å². The minimum atomic E-state index is -1.28. The Bertz CT molecular complexity index is 1290. The molecular formula is C23H24N4O4. The Hall–Kier alpha value is -3.39. The van der Waals surface area contributed by atoms with Gasteiger partial charge >= 0.3 is 0 Å². The maximum absolute atomic E-state index is 13.6. The minimum absolute atomic E-state index is 0.113. The molecule has 0 unspecified atom stereocenters. The number of imidazole rings is 1. The zero-order chi connectivity index (χ0) is 21.9. The fourth-order valence-corrected chi connectivity index (χ4v) is 4.13. The number of nitrogens with zero attached hydrogens (tertiary/aromatic N) is 3. The molecule has 4 heterocycles. The molecule has 0 saturated carbocycles. The number of aromatic amines is 1. The third kappa shape index (κ3) is 3.14. The lowest BCUT2D eigenvalue weighted by molar-refractivity contribution is 0.0438. The van der Waals surface area contributed by atoms with Gasteiger partial charge in [0, 0.05) is 24.0 Å². The number of furan rings is 1. The van der Waals surface area contributed by atoms with Crippen LogP contribution in [0.5, 0.6) is 0 Å². The third-order valence-corrected chi connectivity index (χ3v) is 5.73. The summed E-state index contributed by atoms with van der Waals surface area (Å²) in [4.78, 5) is 27.2. The van der Waals surface area contributed by atoms with E-state index in [-0.39, 0.29) is 17.6 Å². The van der Waals surface area contributed by atoms with E-state index in [9.17, 15) is 9.90 Å². The minimum Gasteiger partial charge on any atom is -0.458 e. The van der Waals surface area contributed by atoms with Crippen LogP contribution in [0.4, 0.5) is 0 Å². The number of H-pyrrole nitrogens is 1. The Kier molecular flexibility index (Phi) is 4.30. The molecule has 5 rings (SSSR count). The maximum atomic E-state index is 13.6. The van der Waals surface area contributed by atoms with Crippen molar-refractivity contribution in [2.75, 3.05) is 6.54 Å². The lowest BCUT2D eigenvalue weighted by atomic mass is 9.99. The van der Waals surface area contributed by atoms with Crippen LogP contribution in [0, 0.1) is 13.8 Å². The van der Waals surface area contributed by atoms with E-state index in [1.54, 1.807) is 32.0 Å². The highest BCUT2D eigenvalue weighted by molar-refractivity contribution is 5.93. The number of carbonyl (C=O) groups is 1. The zero-order valence-electron chi connectivity index (χ0n) is 17.9. The summed E-state index contributed by atoms with van der Waals surface area (Å²) in [6.45, 7) is 7.31. The predicted octanol–water partition coefficient (Wildman–Crippen LogP) is 3.78. The Morgan fingerprint density at radius 1 is 1.29 bits per heavy atom. The second-order valence-electron chi connectivity index (χ2n) is 8.55. The van der Waals surface area contributed by atoms with Crippen LogP contribution < -0.4 is 0 Å². The predicted molar refractivity (Wildman–Crippen MR) is 113 cm³/mol. The third-order valence-electron chi connectivity index (χ3n) is 5.73. The molecular weight excluding hydrogens is 396 g/mol. The average Bonchev–Trinajstić information content (AvgIpc) is 3.44. The second kappa shape index (κ2) is 6.81. The van der Waals surface area contributed by atoms with Gasteiger partial charge in [-0.1, -0.05) is 18.2 Å². The Morgan fingerprint density at radius 3 is 2.81 bits per heavy atom. The van der Waals surface area contributed by atoms with Crippen LogP contribution in [0.2, 0.25) is 0 Å². The zero-order valence-corrected chi connectivity index (χ0v) is 17.9. The van der Waals surface area contributed by atoms with Crippen molar-refractivity contribution >= 4 is 16.9 Å². The summed E-state index contributed by atoms with van der Waals surface area (Å²) in [6.07, 6.45) is 2.29. The van der Waals surface area contributed by atoms with Crippen LogP contribution in [0.15, 0.2) is 39.4 Å². The van der Waals surface area contributed by atoms with E-state index in [0.717, 1.165) is 27.9 Å². The Balaban J connectivity index is 1.61. The molecule has 31 heavy (non-hydrogen) atoms. The van der Waals surface area contributed by atoms with Crippen molar-refractivity contribution in [1.29, 1.82) is 0 Å². The molecule has 1 atom stereocenters. The van der Waals surface area contributed by atoms with Crippen molar-refractivity contribution in [1.82, 2.24) is 19.9 Å². The molecule has 0 fully saturated rings. The van der Waals surface area contributed by atoms with Crippen LogP contribution >= 0.6 is 0 Å². The van der Waals surface area contributed by atoms with Crippen LogP contribution in [0.25, 0.3) is 11.0 Å². The number of hydrogen-bond donors (Lipinski definition) is 2. The van der Waals surface area contributed by atoms with Crippen molar-refractivity contribution in [2.24, 2.45) is 0 Å². The van der Waals surface area contributed by atoms with E-state index in [0.29, 0.717) is 24.4 Å². The van der Waals surface area contributed by atoms with Gasteiger partial charge in [0.15, 0.2) is 0 Å². The molecule has 0 aliphatic carbocycles. The molecule has 160 valence electrons. The second-order valence-corrected chi connectivity index (χ2v) is 8.55. The first-order valence-electron chi connectivity index (χ1n) is 10.3. The van der Waals surface area contributed by atoms with Gasteiger partial charge in [0.2, 0.25) is 11.7 Å². The topological polar surface area (TPSA) is 108 Å². The number of hydrogen-bond acceptors (Lipinski definition) is 6. The quantitative estimate of drug-likeness (QED) is 0.522. The van der Waals surface area contributed by atoms with Crippen LogP contribution in [0.1, 0.15) is 64.7 Å². The van der Waals surface area contributed by atoms with E-state index in [4.69, 9.17) is 8.83 Å². The standard InChI is InChI=1S/C23H24N4O4/c1-12-6-5-7-14-10-16(30-19(12)14)18-17-15(24-11-25-17)8-9-27(18)21(28)20-13(2)26-22(31-20)23(3,4)29/h5-7,10-11,18,29H,8-9H2,1-4H3,(H,24,25)/t18-/m0/s1. The molecule has 3 aromatic heterocycles. The number of aliphatic hydroxyl groups is 1. The van der Waals surface area contributed by atoms with Crippen molar-refractivity contribution in [3.63, 3.8) is 0 Å². The van der Waals surface area contributed by atoms with E-state index >= 15 is 0 Å². The number of amides is 1. The van der Waals surface area contributed by atoms with Gasteiger partial charge in [-0.2, -0.15) is 0 Å². The monoisotopic (exact) mass is 420 g/mol. The van der Waals surface area contributed by atoms with Crippen molar-refractivity contribution in [3.05, 3.63) is 70.6 Å². The van der Waals surface area contributed by atoms with Gasteiger partial charge in [0.1, 0.15) is 23.0 Å². The summed E-state index contributed by atoms with van der Waals surface area (Å²) in [5.74, 6) is 0.567. The number of rotatable bonds is 3. The van der Waals surface area contributed by atoms with Gasteiger partial charge < -0.3 is 23.8 Å². The van der Waals surface area contributed by atoms with Gasteiger partial charge in [0.05, 0.1) is 17.7 Å². The Morgan fingerprint density at radius 2 is 2.10 bits per heavy atom. The number of oxazole rings is 1. The Labute approximate surface area is 178 Å². The SMILES string of the molecule is Cc1nc(C(C)(C)O)oc1C(=O)N1CCc2[nH]cnc2[C@@H]1c1cc2cccc(C)c2o1. The maximum Gasteiger partial charge on any atom is 0.292 e. The summed E-state index contributed by atoms with van der Waals surface area (Å²) in [5, 5.41) is 11.2. The van der Waals surface area contributed by atoms with Crippen LogP contribution in [0.3, 0.4) is 0 Å². The molecule has 1 aliphatic rings. The van der Waals surface area contributed by atoms with Crippen molar-refractivity contribution < 1.29 is 18.7 Å². The van der Waals surface area contributed by atoms with Gasteiger partial charge in [0.25, 0.3) is 5.91 Å². The molecule has 0 saturated heterocycles. The summed E-state index contributed by atoms with van der Waals surface area (Å²) in [7, 11) is 0. The van der Waals surface area contributed by atoms with E-state index in [2.05, 4.69) is 15.0 Å². The number of carbonyl (C=O) groups excluding carboxylic acids is 1. The lowest BCUT2D eigenvalue weighted by Crippen LogP contribution is -2.40.